The van der Waals surface area contributed by atoms with Crippen molar-refractivity contribution < 1.29 is 9.59 Å². The van der Waals surface area contributed by atoms with Gasteiger partial charge in [-0.3, -0.25) is 9.59 Å². The lowest BCUT2D eigenvalue weighted by Crippen LogP contribution is -2.50. The van der Waals surface area contributed by atoms with Crippen LogP contribution < -0.4 is 0 Å². The van der Waals surface area contributed by atoms with E-state index in [1.54, 1.807) is 0 Å². The highest BCUT2D eigenvalue weighted by molar-refractivity contribution is 9.09. The molecule has 4 aliphatic rings. The molecule has 0 radical (unpaired) electrons. The highest BCUT2D eigenvalue weighted by Gasteiger charge is 2.56. The number of carbonyl (C=O) groups excluding carboxylic acids is 2. The summed E-state index contributed by atoms with van der Waals surface area (Å²) in [6, 6.07) is 0. The summed E-state index contributed by atoms with van der Waals surface area (Å²) in [4.78, 5) is 24.3. The van der Waals surface area contributed by atoms with E-state index in [1.807, 2.05) is 6.08 Å². The van der Waals surface area contributed by atoms with Crippen LogP contribution in [-0.4, -0.2) is 16.4 Å². The summed E-state index contributed by atoms with van der Waals surface area (Å²) in [6.45, 7) is 2.38. The van der Waals surface area contributed by atoms with E-state index in [0.29, 0.717) is 46.5 Å². The van der Waals surface area contributed by atoms with Crippen molar-refractivity contribution in [2.75, 3.05) is 0 Å². The minimum atomic E-state index is 0.182. The first-order chi connectivity index (χ1) is 10.0. The molecule has 0 N–H and O–H groups in total. The van der Waals surface area contributed by atoms with E-state index in [4.69, 9.17) is 0 Å². The smallest absolute Gasteiger partial charge is 0.155 e. The number of carbonyl (C=O) groups is 2. The summed E-state index contributed by atoms with van der Waals surface area (Å²) in [6.07, 6.45) is 8.96. The third-order valence-electron chi connectivity index (χ3n) is 7.01. The average Bonchev–Trinajstić information content (AvgIpc) is 2.83. The number of hydrogen-bond acceptors (Lipinski definition) is 2. The van der Waals surface area contributed by atoms with Gasteiger partial charge >= 0.3 is 0 Å². The Morgan fingerprint density at radius 1 is 1.14 bits per heavy atom. The van der Waals surface area contributed by atoms with Crippen LogP contribution in [0.25, 0.3) is 0 Å². The fourth-order valence-corrected chi connectivity index (χ4v) is 7.06. The standard InChI is InChI=1S/C18H23BrO2/c1-18-7-6-10(20)8-15(18)16(19)9-13-11-3-5-17(21)12(11)2-4-14(13)18/h8,11-14,16H,2-7,9H2,1H3/t11?,12?,13?,14?,16-,18?/m1/s1. The van der Waals surface area contributed by atoms with Crippen LogP contribution >= 0.6 is 15.9 Å². The van der Waals surface area contributed by atoms with Crippen LogP contribution in [0.3, 0.4) is 0 Å². The predicted octanol–water partition coefficient (Wildman–Crippen LogP) is 4.07. The monoisotopic (exact) mass is 350 g/mol. The molecular weight excluding hydrogens is 328 g/mol. The third kappa shape index (κ3) is 1.95. The molecule has 0 aromatic heterocycles. The number of Topliss-reactive ketones (excluding diaryl/α,β-unsaturated/α-hetero) is 1. The second kappa shape index (κ2) is 4.78. The van der Waals surface area contributed by atoms with E-state index in [-0.39, 0.29) is 5.41 Å². The number of rotatable bonds is 0. The van der Waals surface area contributed by atoms with E-state index in [1.165, 1.54) is 12.0 Å². The predicted molar refractivity (Wildman–Crippen MR) is 85.2 cm³/mol. The Morgan fingerprint density at radius 2 is 1.95 bits per heavy atom. The van der Waals surface area contributed by atoms with E-state index in [0.717, 1.165) is 32.1 Å². The molecule has 5 unspecified atom stereocenters. The number of allylic oxidation sites excluding steroid dienone is 1. The molecule has 3 fully saturated rings. The van der Waals surface area contributed by atoms with Gasteiger partial charge < -0.3 is 0 Å². The van der Waals surface area contributed by atoms with E-state index >= 15 is 0 Å². The lowest BCUT2D eigenvalue weighted by molar-refractivity contribution is -0.124. The molecular formula is C18H23BrO2. The summed E-state index contributed by atoms with van der Waals surface area (Å²) in [7, 11) is 0. The van der Waals surface area contributed by atoms with Gasteiger partial charge in [-0.15, -0.1) is 0 Å². The minimum absolute atomic E-state index is 0.182. The number of ketones is 2. The molecule has 2 nitrogen and oxygen atoms in total. The Hall–Kier alpha value is -0.440. The van der Waals surface area contributed by atoms with Crippen molar-refractivity contribution in [2.24, 2.45) is 29.1 Å². The van der Waals surface area contributed by atoms with Crippen LogP contribution in [0.2, 0.25) is 0 Å². The second-order valence-electron chi connectivity index (χ2n) is 7.81. The number of halogens is 1. The number of fused-ring (bicyclic) bond motifs is 5. The Morgan fingerprint density at radius 3 is 2.76 bits per heavy atom. The zero-order valence-corrected chi connectivity index (χ0v) is 14.2. The Kier molecular flexibility index (Phi) is 3.22. The third-order valence-corrected chi connectivity index (χ3v) is 7.88. The summed E-state index contributed by atoms with van der Waals surface area (Å²) in [5.74, 6) is 3.15. The molecule has 0 amide bonds. The molecule has 0 aromatic carbocycles. The SMILES string of the molecule is CC12CCC(=O)C=C1[C@H](Br)CC1C3CCC(=O)C3CCC12. The molecule has 0 spiro atoms. The first-order valence-electron chi connectivity index (χ1n) is 8.42. The fourth-order valence-electron chi connectivity index (χ4n) is 5.97. The summed E-state index contributed by atoms with van der Waals surface area (Å²) < 4.78 is 0. The van der Waals surface area contributed by atoms with Gasteiger partial charge in [-0.05, 0) is 66.9 Å². The molecule has 6 atom stereocenters. The quantitative estimate of drug-likeness (QED) is 0.617. The lowest BCUT2D eigenvalue weighted by Gasteiger charge is -2.56. The molecule has 0 heterocycles. The fraction of sp³-hybridized carbons (Fsp3) is 0.778. The maximum Gasteiger partial charge on any atom is 0.155 e. The van der Waals surface area contributed by atoms with Crippen molar-refractivity contribution in [1.82, 2.24) is 0 Å². The zero-order chi connectivity index (χ0) is 14.8. The van der Waals surface area contributed by atoms with Gasteiger partial charge in [0.1, 0.15) is 5.78 Å². The molecule has 0 bridgehead atoms. The van der Waals surface area contributed by atoms with Gasteiger partial charge in [0.25, 0.3) is 0 Å². The lowest BCUT2D eigenvalue weighted by atomic mass is 9.50. The van der Waals surface area contributed by atoms with Crippen LogP contribution in [0, 0.1) is 29.1 Å². The van der Waals surface area contributed by atoms with Crippen molar-refractivity contribution in [3.8, 4) is 0 Å². The first-order valence-corrected chi connectivity index (χ1v) is 9.34. The van der Waals surface area contributed by atoms with Gasteiger partial charge in [0.15, 0.2) is 5.78 Å². The molecule has 0 aromatic rings. The van der Waals surface area contributed by atoms with Crippen molar-refractivity contribution in [1.29, 1.82) is 0 Å². The molecule has 4 aliphatic carbocycles. The molecule has 3 saturated carbocycles. The van der Waals surface area contributed by atoms with Crippen LogP contribution in [0.15, 0.2) is 11.6 Å². The largest absolute Gasteiger partial charge is 0.299 e. The molecule has 21 heavy (non-hydrogen) atoms. The van der Waals surface area contributed by atoms with Crippen molar-refractivity contribution in [3.05, 3.63) is 11.6 Å². The molecule has 4 rings (SSSR count). The van der Waals surface area contributed by atoms with Crippen LogP contribution in [0.5, 0.6) is 0 Å². The van der Waals surface area contributed by atoms with Crippen molar-refractivity contribution in [2.45, 2.75) is 56.7 Å². The summed E-state index contributed by atoms with van der Waals surface area (Å²) >= 11 is 3.86. The molecule has 114 valence electrons. The van der Waals surface area contributed by atoms with Crippen molar-refractivity contribution >= 4 is 27.5 Å². The van der Waals surface area contributed by atoms with Gasteiger partial charge in [-0.25, -0.2) is 0 Å². The van der Waals surface area contributed by atoms with Crippen LogP contribution in [0.1, 0.15) is 51.9 Å². The van der Waals surface area contributed by atoms with Gasteiger partial charge in [0, 0.05) is 23.6 Å². The van der Waals surface area contributed by atoms with Gasteiger partial charge in [-0.1, -0.05) is 22.9 Å². The minimum Gasteiger partial charge on any atom is -0.299 e. The molecule has 0 aliphatic heterocycles. The van der Waals surface area contributed by atoms with Gasteiger partial charge in [-0.2, -0.15) is 0 Å². The topological polar surface area (TPSA) is 34.1 Å². The normalized spacial score (nSPS) is 49.2. The number of hydrogen-bond donors (Lipinski definition) is 0. The number of alkyl halides is 1. The Labute approximate surface area is 134 Å². The average molecular weight is 351 g/mol. The van der Waals surface area contributed by atoms with E-state index < -0.39 is 0 Å². The summed E-state index contributed by atoms with van der Waals surface area (Å²) in [5, 5.41) is 0. The van der Waals surface area contributed by atoms with E-state index in [9.17, 15) is 9.59 Å². The highest BCUT2D eigenvalue weighted by atomic mass is 79.9. The highest BCUT2D eigenvalue weighted by Crippen LogP contribution is 2.62. The zero-order valence-electron chi connectivity index (χ0n) is 12.6. The second-order valence-corrected chi connectivity index (χ2v) is 8.92. The Balaban J connectivity index is 1.72. The maximum absolute atomic E-state index is 12.1. The van der Waals surface area contributed by atoms with E-state index in [2.05, 4.69) is 22.9 Å². The summed E-state index contributed by atoms with van der Waals surface area (Å²) in [5.41, 5.74) is 1.53. The first kappa shape index (κ1) is 14.2. The van der Waals surface area contributed by atoms with Gasteiger partial charge in [0.05, 0.1) is 0 Å². The maximum atomic E-state index is 12.1. The van der Waals surface area contributed by atoms with Gasteiger partial charge in [0.2, 0.25) is 0 Å². The van der Waals surface area contributed by atoms with Crippen LogP contribution in [0.4, 0.5) is 0 Å². The molecule has 3 heteroatoms. The van der Waals surface area contributed by atoms with Crippen molar-refractivity contribution in [3.63, 3.8) is 0 Å². The van der Waals surface area contributed by atoms with Crippen LogP contribution in [-0.2, 0) is 9.59 Å². The Bertz CT molecular complexity index is 537. The molecule has 0 saturated heterocycles.